The molecule has 9 nitrogen and oxygen atoms in total. The first-order valence-corrected chi connectivity index (χ1v) is 11.2. The van der Waals surface area contributed by atoms with Crippen LogP contribution in [0.25, 0.3) is 0 Å². The molecule has 10 heteroatoms. The summed E-state index contributed by atoms with van der Waals surface area (Å²) in [5.74, 6) is -3.30. The van der Waals surface area contributed by atoms with E-state index in [4.69, 9.17) is 16.3 Å². The van der Waals surface area contributed by atoms with E-state index in [1.807, 2.05) is 0 Å². The Hall–Kier alpha value is -3.72. The predicted octanol–water partition coefficient (Wildman–Crippen LogP) is 2.64. The van der Waals surface area contributed by atoms with Gasteiger partial charge in [0.05, 0.1) is 33.7 Å². The lowest BCUT2D eigenvalue weighted by Gasteiger charge is -2.19. The van der Waals surface area contributed by atoms with Crippen LogP contribution in [0.4, 0.5) is 5.69 Å². The molecule has 1 aliphatic carbocycles. The van der Waals surface area contributed by atoms with Gasteiger partial charge >= 0.3 is 5.97 Å². The van der Waals surface area contributed by atoms with Gasteiger partial charge in [-0.05, 0) is 43.2 Å². The van der Waals surface area contributed by atoms with Crippen LogP contribution in [0.5, 0.6) is 0 Å². The first-order chi connectivity index (χ1) is 16.4. The summed E-state index contributed by atoms with van der Waals surface area (Å²) in [6.07, 6.45) is 3.22. The number of halogens is 1. The van der Waals surface area contributed by atoms with Crippen molar-refractivity contribution in [3.05, 3.63) is 64.7 Å². The molecule has 1 saturated carbocycles. The summed E-state index contributed by atoms with van der Waals surface area (Å²) in [5, 5.41) is 0.217. The SMILES string of the molecule is O=C(COC(=O)c1cccc(N2C(=O)[C@@H]3CCCC[C@H]3C2=O)c1)NNC(=O)c1ccccc1Cl. The summed E-state index contributed by atoms with van der Waals surface area (Å²) in [5.41, 5.74) is 4.88. The monoisotopic (exact) mass is 483 g/mol. The van der Waals surface area contributed by atoms with Gasteiger partial charge < -0.3 is 4.74 Å². The Labute approximate surface area is 200 Å². The average molecular weight is 484 g/mol. The Kier molecular flexibility index (Phi) is 6.93. The highest BCUT2D eigenvalue weighted by Gasteiger charge is 2.48. The minimum absolute atomic E-state index is 0.0841. The van der Waals surface area contributed by atoms with Crippen molar-refractivity contribution in [2.75, 3.05) is 11.5 Å². The molecule has 1 saturated heterocycles. The van der Waals surface area contributed by atoms with Gasteiger partial charge in [-0.25, -0.2) is 4.79 Å². The van der Waals surface area contributed by atoms with Crippen LogP contribution in [0.3, 0.4) is 0 Å². The lowest BCUT2D eigenvalue weighted by Crippen LogP contribution is -2.43. The zero-order chi connectivity index (χ0) is 24.2. The Morgan fingerprint density at radius 3 is 2.29 bits per heavy atom. The summed E-state index contributed by atoms with van der Waals surface area (Å²) in [4.78, 5) is 63.2. The van der Waals surface area contributed by atoms with Crippen molar-refractivity contribution in [3.8, 4) is 0 Å². The number of hydrogen-bond donors (Lipinski definition) is 2. The molecule has 2 aromatic rings. The quantitative estimate of drug-likeness (QED) is 0.383. The molecule has 34 heavy (non-hydrogen) atoms. The van der Waals surface area contributed by atoms with Crippen molar-refractivity contribution in [2.45, 2.75) is 25.7 Å². The topological polar surface area (TPSA) is 122 Å². The summed E-state index contributed by atoms with van der Waals surface area (Å²) in [6.45, 7) is -0.655. The van der Waals surface area contributed by atoms with Gasteiger partial charge in [0.25, 0.3) is 11.8 Å². The van der Waals surface area contributed by atoms with Crippen molar-refractivity contribution in [1.29, 1.82) is 0 Å². The predicted molar refractivity (Wildman–Crippen MR) is 122 cm³/mol. The number of amides is 4. The number of hydrazine groups is 1. The molecule has 0 radical (unpaired) electrons. The third-order valence-electron chi connectivity index (χ3n) is 5.95. The summed E-state index contributed by atoms with van der Waals surface area (Å²) >= 11 is 5.93. The molecule has 2 aromatic carbocycles. The van der Waals surface area contributed by atoms with Gasteiger partial charge in [-0.3, -0.25) is 34.9 Å². The van der Waals surface area contributed by atoms with Crippen LogP contribution < -0.4 is 15.8 Å². The number of anilines is 1. The zero-order valence-electron chi connectivity index (χ0n) is 18.1. The van der Waals surface area contributed by atoms with Crippen molar-refractivity contribution >= 4 is 46.9 Å². The van der Waals surface area contributed by atoms with E-state index in [0.717, 1.165) is 17.7 Å². The first kappa shape index (κ1) is 23.4. The average Bonchev–Trinajstić information content (AvgIpc) is 3.11. The molecular weight excluding hydrogens is 462 g/mol. The van der Waals surface area contributed by atoms with Gasteiger partial charge in [-0.1, -0.05) is 42.6 Å². The molecule has 0 aromatic heterocycles. The minimum Gasteiger partial charge on any atom is -0.452 e. The Bertz CT molecular complexity index is 1140. The number of rotatable bonds is 5. The van der Waals surface area contributed by atoms with Gasteiger partial charge in [0.2, 0.25) is 11.8 Å². The number of fused-ring (bicyclic) bond motifs is 1. The number of ether oxygens (including phenoxy) is 1. The van der Waals surface area contributed by atoms with Gasteiger partial charge in [-0.15, -0.1) is 0 Å². The summed E-state index contributed by atoms with van der Waals surface area (Å²) < 4.78 is 5.00. The standard InChI is InChI=1S/C24H22ClN3O6/c25-19-11-4-3-10-18(19)21(30)27-26-20(29)13-34-24(33)14-6-5-7-15(12-14)28-22(31)16-8-1-2-9-17(16)23(28)32/h3-7,10-12,16-17H,1-2,8-9,13H2,(H,26,29)(H,27,30)/t16-,17-/m1/s1. The highest BCUT2D eigenvalue weighted by molar-refractivity contribution is 6.33. The number of imide groups is 1. The van der Waals surface area contributed by atoms with E-state index in [0.29, 0.717) is 18.5 Å². The summed E-state index contributed by atoms with van der Waals surface area (Å²) in [6, 6.07) is 12.3. The van der Waals surface area contributed by atoms with Gasteiger partial charge in [0, 0.05) is 0 Å². The van der Waals surface area contributed by atoms with Crippen LogP contribution in [-0.2, 0) is 19.1 Å². The lowest BCUT2D eigenvalue weighted by atomic mass is 9.81. The van der Waals surface area contributed by atoms with Gasteiger partial charge in [-0.2, -0.15) is 0 Å². The number of hydrogen-bond acceptors (Lipinski definition) is 6. The van der Waals surface area contributed by atoms with Gasteiger partial charge in [0.1, 0.15) is 0 Å². The maximum absolute atomic E-state index is 12.8. The zero-order valence-corrected chi connectivity index (χ0v) is 18.8. The minimum atomic E-state index is -0.814. The van der Waals surface area contributed by atoms with Crippen molar-refractivity contribution in [2.24, 2.45) is 11.8 Å². The number of nitrogens with zero attached hydrogens (tertiary/aromatic N) is 1. The van der Waals surface area contributed by atoms with E-state index in [-0.39, 0.29) is 39.8 Å². The van der Waals surface area contributed by atoms with Crippen molar-refractivity contribution < 1.29 is 28.7 Å². The molecule has 1 aliphatic heterocycles. The molecule has 1 heterocycles. The van der Waals surface area contributed by atoms with Crippen LogP contribution in [0, 0.1) is 11.8 Å². The van der Waals surface area contributed by atoms with Crippen LogP contribution in [0.1, 0.15) is 46.4 Å². The molecule has 2 atom stereocenters. The van der Waals surface area contributed by atoms with Gasteiger partial charge in [0.15, 0.2) is 6.61 Å². The number of esters is 1. The largest absolute Gasteiger partial charge is 0.452 e. The van der Waals surface area contributed by atoms with E-state index < -0.39 is 24.4 Å². The Balaban J connectivity index is 1.33. The lowest BCUT2D eigenvalue weighted by molar-refractivity contribution is -0.125. The highest BCUT2D eigenvalue weighted by atomic mass is 35.5. The second-order valence-corrected chi connectivity index (χ2v) is 8.53. The molecule has 0 bridgehead atoms. The molecular formula is C24H22ClN3O6. The molecule has 2 fully saturated rings. The van der Waals surface area contributed by atoms with E-state index in [1.165, 1.54) is 24.3 Å². The van der Waals surface area contributed by atoms with Crippen molar-refractivity contribution in [1.82, 2.24) is 10.9 Å². The Morgan fingerprint density at radius 1 is 0.941 bits per heavy atom. The third kappa shape index (κ3) is 4.79. The van der Waals surface area contributed by atoms with E-state index in [2.05, 4.69) is 10.9 Å². The fourth-order valence-electron chi connectivity index (χ4n) is 4.28. The first-order valence-electron chi connectivity index (χ1n) is 10.9. The molecule has 0 unspecified atom stereocenters. The number of nitrogens with one attached hydrogen (secondary N) is 2. The van der Waals surface area contributed by atoms with Crippen LogP contribution >= 0.6 is 11.6 Å². The second-order valence-electron chi connectivity index (χ2n) is 8.12. The molecule has 4 amide bonds. The summed E-state index contributed by atoms with van der Waals surface area (Å²) in [7, 11) is 0. The molecule has 2 N–H and O–H groups in total. The second kappa shape index (κ2) is 10.0. The molecule has 176 valence electrons. The van der Waals surface area contributed by atoms with E-state index in [1.54, 1.807) is 24.3 Å². The highest BCUT2D eigenvalue weighted by Crippen LogP contribution is 2.40. The van der Waals surface area contributed by atoms with Crippen LogP contribution in [-0.4, -0.2) is 36.2 Å². The molecule has 4 rings (SSSR count). The fourth-order valence-corrected chi connectivity index (χ4v) is 4.50. The Morgan fingerprint density at radius 2 is 1.62 bits per heavy atom. The molecule has 2 aliphatic rings. The van der Waals surface area contributed by atoms with E-state index >= 15 is 0 Å². The molecule has 0 spiro atoms. The van der Waals surface area contributed by atoms with E-state index in [9.17, 15) is 24.0 Å². The third-order valence-corrected chi connectivity index (χ3v) is 6.28. The maximum Gasteiger partial charge on any atom is 0.338 e. The smallest absolute Gasteiger partial charge is 0.338 e. The fraction of sp³-hybridized carbons (Fsp3) is 0.292. The normalized spacial score (nSPS) is 19.4. The number of carbonyl (C=O) groups is 5. The van der Waals surface area contributed by atoms with Crippen molar-refractivity contribution in [3.63, 3.8) is 0 Å². The van der Waals surface area contributed by atoms with Crippen LogP contribution in [0.2, 0.25) is 5.02 Å². The maximum atomic E-state index is 12.8. The number of benzene rings is 2. The van der Waals surface area contributed by atoms with Crippen LogP contribution in [0.15, 0.2) is 48.5 Å². The number of carbonyl (C=O) groups excluding carboxylic acids is 5.